The van der Waals surface area contributed by atoms with Gasteiger partial charge >= 0.3 is 0 Å². The number of rotatable bonds is 3. The van der Waals surface area contributed by atoms with Crippen LogP contribution in [0.4, 0.5) is 4.39 Å². The zero-order valence-corrected chi connectivity index (χ0v) is 11.4. The molecule has 4 heteroatoms. The molecule has 0 amide bonds. The number of hydrogen-bond acceptors (Lipinski definition) is 2. The Labute approximate surface area is 116 Å². The average molecular weight is 281 g/mol. The highest BCUT2D eigenvalue weighted by Gasteiger charge is 2.17. The monoisotopic (exact) mass is 280 g/mol. The lowest BCUT2D eigenvalue weighted by Crippen LogP contribution is -2.04. The van der Waals surface area contributed by atoms with Gasteiger partial charge in [-0.2, -0.15) is 0 Å². The summed E-state index contributed by atoms with van der Waals surface area (Å²) in [5.74, 6) is 0.181. The normalized spacial score (nSPS) is 12.3. The molecule has 2 nitrogen and oxygen atoms in total. The van der Waals surface area contributed by atoms with Gasteiger partial charge in [0, 0.05) is 10.6 Å². The lowest BCUT2D eigenvalue weighted by Gasteiger charge is -2.16. The molecule has 0 fully saturated rings. The molecule has 100 valence electrons. The number of methoxy groups -OCH3 is 1. The summed E-state index contributed by atoms with van der Waals surface area (Å²) in [6.45, 7) is 1.84. The Kier molecular flexibility index (Phi) is 4.08. The summed E-state index contributed by atoms with van der Waals surface area (Å²) in [5, 5.41) is 10.6. The van der Waals surface area contributed by atoms with Gasteiger partial charge < -0.3 is 9.84 Å². The maximum atomic E-state index is 13.8. The fourth-order valence-corrected chi connectivity index (χ4v) is 2.13. The van der Waals surface area contributed by atoms with Gasteiger partial charge in [-0.05, 0) is 42.3 Å². The van der Waals surface area contributed by atoms with Crippen molar-refractivity contribution in [1.29, 1.82) is 0 Å². The lowest BCUT2D eigenvalue weighted by molar-refractivity contribution is 0.214. The largest absolute Gasteiger partial charge is 0.497 e. The van der Waals surface area contributed by atoms with Gasteiger partial charge in [-0.25, -0.2) is 4.39 Å². The summed E-state index contributed by atoms with van der Waals surface area (Å²) in [4.78, 5) is 0. The predicted molar refractivity (Wildman–Crippen MR) is 73.2 cm³/mol. The first-order valence-corrected chi connectivity index (χ1v) is 6.18. The topological polar surface area (TPSA) is 29.5 Å². The smallest absolute Gasteiger partial charge is 0.130 e. The van der Waals surface area contributed by atoms with Crippen LogP contribution in [-0.4, -0.2) is 12.2 Å². The van der Waals surface area contributed by atoms with Crippen molar-refractivity contribution < 1.29 is 14.2 Å². The number of hydrogen-bond donors (Lipinski definition) is 1. The van der Waals surface area contributed by atoms with E-state index >= 15 is 0 Å². The molecule has 1 atom stereocenters. The minimum Gasteiger partial charge on any atom is -0.497 e. The van der Waals surface area contributed by atoms with E-state index in [-0.39, 0.29) is 5.56 Å². The van der Waals surface area contributed by atoms with Gasteiger partial charge in [0.2, 0.25) is 0 Å². The van der Waals surface area contributed by atoms with E-state index in [0.29, 0.717) is 16.3 Å². The maximum Gasteiger partial charge on any atom is 0.130 e. The maximum absolute atomic E-state index is 13.8. The van der Waals surface area contributed by atoms with E-state index in [1.54, 1.807) is 31.4 Å². The molecule has 2 aromatic rings. The van der Waals surface area contributed by atoms with Crippen molar-refractivity contribution in [2.45, 2.75) is 13.0 Å². The molecular weight excluding hydrogens is 267 g/mol. The summed E-state index contributed by atoms with van der Waals surface area (Å²) >= 11 is 5.70. The number of halogens is 2. The first-order chi connectivity index (χ1) is 9.02. The highest BCUT2D eigenvalue weighted by molar-refractivity contribution is 6.30. The average Bonchev–Trinajstić information content (AvgIpc) is 2.37. The fraction of sp³-hybridized carbons (Fsp3) is 0.200. The first kappa shape index (κ1) is 13.8. The van der Waals surface area contributed by atoms with Crippen LogP contribution >= 0.6 is 11.6 Å². The number of ether oxygens (including phenoxy) is 1. The van der Waals surface area contributed by atoms with E-state index in [1.165, 1.54) is 12.1 Å². The SMILES string of the molecule is COc1ccc(C(O)c2ccc(Cl)cc2F)c(C)c1. The Morgan fingerprint density at radius 1 is 1.16 bits per heavy atom. The molecule has 0 heterocycles. The highest BCUT2D eigenvalue weighted by Crippen LogP contribution is 2.29. The van der Waals surface area contributed by atoms with Crippen LogP contribution in [0.15, 0.2) is 36.4 Å². The van der Waals surface area contributed by atoms with Gasteiger partial charge in [0.15, 0.2) is 0 Å². The van der Waals surface area contributed by atoms with Crippen LogP contribution in [0.2, 0.25) is 5.02 Å². The van der Waals surface area contributed by atoms with Gasteiger partial charge in [-0.15, -0.1) is 0 Å². The number of benzene rings is 2. The van der Waals surface area contributed by atoms with E-state index in [9.17, 15) is 9.50 Å². The van der Waals surface area contributed by atoms with Gasteiger partial charge in [0.05, 0.1) is 7.11 Å². The van der Waals surface area contributed by atoms with Crippen LogP contribution in [0.1, 0.15) is 22.8 Å². The molecule has 1 N–H and O–H groups in total. The molecule has 0 aliphatic heterocycles. The highest BCUT2D eigenvalue weighted by atomic mass is 35.5. The summed E-state index contributed by atoms with van der Waals surface area (Å²) in [6.07, 6.45) is -1.02. The third-order valence-corrected chi connectivity index (χ3v) is 3.26. The van der Waals surface area contributed by atoms with Crippen LogP contribution in [0, 0.1) is 12.7 Å². The van der Waals surface area contributed by atoms with Crippen molar-refractivity contribution in [2.75, 3.05) is 7.11 Å². The van der Waals surface area contributed by atoms with Crippen LogP contribution in [0.3, 0.4) is 0 Å². The zero-order chi connectivity index (χ0) is 14.0. The Balaban J connectivity index is 2.41. The summed E-state index contributed by atoms with van der Waals surface area (Å²) in [7, 11) is 1.57. The Bertz CT molecular complexity index is 599. The third kappa shape index (κ3) is 2.88. The van der Waals surface area contributed by atoms with Crippen molar-refractivity contribution in [3.8, 4) is 5.75 Å². The first-order valence-electron chi connectivity index (χ1n) is 5.80. The molecule has 2 rings (SSSR count). The quantitative estimate of drug-likeness (QED) is 0.924. The van der Waals surface area contributed by atoms with Crippen LogP contribution in [0.25, 0.3) is 0 Å². The molecule has 2 aromatic carbocycles. The second-order valence-corrected chi connectivity index (χ2v) is 4.73. The number of aliphatic hydroxyl groups excluding tert-OH is 1. The van der Waals surface area contributed by atoms with E-state index in [0.717, 1.165) is 5.56 Å². The Morgan fingerprint density at radius 2 is 1.84 bits per heavy atom. The second kappa shape index (κ2) is 5.59. The zero-order valence-electron chi connectivity index (χ0n) is 10.7. The fourth-order valence-electron chi connectivity index (χ4n) is 1.97. The van der Waals surface area contributed by atoms with Crippen molar-refractivity contribution in [3.05, 3.63) is 63.9 Å². The van der Waals surface area contributed by atoms with Gasteiger partial charge in [-0.3, -0.25) is 0 Å². The molecule has 1 unspecified atom stereocenters. The number of aliphatic hydroxyl groups is 1. The van der Waals surface area contributed by atoms with Gasteiger partial charge in [0.25, 0.3) is 0 Å². The van der Waals surface area contributed by atoms with Crippen LogP contribution in [0.5, 0.6) is 5.75 Å². The van der Waals surface area contributed by atoms with Gasteiger partial charge in [0.1, 0.15) is 17.7 Å². The predicted octanol–water partition coefficient (Wildman–Crippen LogP) is 3.88. The molecular formula is C15H14ClFO2. The molecule has 19 heavy (non-hydrogen) atoms. The third-order valence-electron chi connectivity index (χ3n) is 3.03. The van der Waals surface area contributed by atoms with E-state index < -0.39 is 11.9 Å². The molecule has 0 aliphatic rings. The molecule has 0 bridgehead atoms. The van der Waals surface area contributed by atoms with Crippen molar-refractivity contribution >= 4 is 11.6 Å². The molecule has 0 saturated heterocycles. The second-order valence-electron chi connectivity index (χ2n) is 4.29. The Hall–Kier alpha value is -1.58. The molecule has 0 saturated carbocycles. The van der Waals surface area contributed by atoms with Crippen molar-refractivity contribution in [2.24, 2.45) is 0 Å². The standard InChI is InChI=1S/C15H14ClFO2/c1-9-7-11(19-2)4-6-12(9)15(18)13-5-3-10(16)8-14(13)17/h3-8,15,18H,1-2H3. The molecule has 0 radical (unpaired) electrons. The van der Waals surface area contributed by atoms with Crippen molar-refractivity contribution in [1.82, 2.24) is 0 Å². The van der Waals surface area contributed by atoms with E-state index in [2.05, 4.69) is 0 Å². The lowest BCUT2D eigenvalue weighted by atomic mass is 9.97. The van der Waals surface area contributed by atoms with E-state index in [1.807, 2.05) is 6.92 Å². The minimum atomic E-state index is -1.02. The van der Waals surface area contributed by atoms with Crippen molar-refractivity contribution in [3.63, 3.8) is 0 Å². The number of aryl methyl sites for hydroxylation is 1. The molecule has 0 aliphatic carbocycles. The molecule has 0 spiro atoms. The summed E-state index contributed by atoms with van der Waals surface area (Å²) in [5.41, 5.74) is 1.68. The van der Waals surface area contributed by atoms with E-state index in [4.69, 9.17) is 16.3 Å². The molecule has 0 aromatic heterocycles. The van der Waals surface area contributed by atoms with Crippen LogP contribution in [-0.2, 0) is 0 Å². The minimum absolute atomic E-state index is 0.206. The Morgan fingerprint density at radius 3 is 2.42 bits per heavy atom. The van der Waals surface area contributed by atoms with Crippen LogP contribution < -0.4 is 4.74 Å². The summed E-state index contributed by atoms with van der Waals surface area (Å²) in [6, 6.07) is 9.51. The summed E-state index contributed by atoms with van der Waals surface area (Å²) < 4.78 is 18.9. The van der Waals surface area contributed by atoms with Gasteiger partial charge in [-0.1, -0.05) is 23.7 Å².